The molecule has 96 valence electrons. The van der Waals surface area contributed by atoms with E-state index in [2.05, 4.69) is 10.5 Å². The molecule has 0 aliphatic rings. The number of rotatable bonds is 3. The van der Waals surface area contributed by atoms with Crippen LogP contribution < -0.4 is 5.43 Å². The molecule has 19 heavy (non-hydrogen) atoms. The maximum Gasteiger partial charge on any atom is 0.271 e. The highest BCUT2D eigenvalue weighted by Gasteiger charge is 2.03. The van der Waals surface area contributed by atoms with Crippen LogP contribution in [0.1, 0.15) is 15.9 Å². The third-order valence-corrected chi connectivity index (χ3v) is 2.57. The number of hydrazone groups is 1. The van der Waals surface area contributed by atoms with Gasteiger partial charge in [0, 0.05) is 10.6 Å². The normalized spacial score (nSPS) is 10.6. The molecular weight excluding hydrogens is 267 g/mol. The van der Waals surface area contributed by atoms with Crippen LogP contribution in [-0.2, 0) is 0 Å². The van der Waals surface area contributed by atoms with Crippen LogP contribution in [0.4, 0.5) is 4.39 Å². The Morgan fingerprint density at radius 2 is 1.95 bits per heavy atom. The van der Waals surface area contributed by atoms with Gasteiger partial charge in [-0.1, -0.05) is 29.8 Å². The summed E-state index contributed by atoms with van der Waals surface area (Å²) >= 11 is 5.78. The molecule has 0 aliphatic heterocycles. The van der Waals surface area contributed by atoms with Gasteiger partial charge in [-0.3, -0.25) is 4.79 Å². The summed E-state index contributed by atoms with van der Waals surface area (Å²) in [6.45, 7) is 0. The summed E-state index contributed by atoms with van der Waals surface area (Å²) in [6.07, 6.45) is 1.43. The molecule has 0 unspecified atom stereocenters. The first-order valence-corrected chi connectivity index (χ1v) is 5.87. The van der Waals surface area contributed by atoms with Gasteiger partial charge in [-0.25, -0.2) is 9.82 Å². The lowest BCUT2D eigenvalue weighted by Gasteiger charge is -2.00. The fourth-order valence-electron chi connectivity index (χ4n) is 1.41. The maximum atomic E-state index is 12.7. The van der Waals surface area contributed by atoms with Crippen LogP contribution in [0.3, 0.4) is 0 Å². The van der Waals surface area contributed by atoms with Crippen molar-refractivity contribution in [2.45, 2.75) is 0 Å². The first kappa shape index (κ1) is 13.2. The van der Waals surface area contributed by atoms with Crippen molar-refractivity contribution in [3.63, 3.8) is 0 Å². The van der Waals surface area contributed by atoms with Gasteiger partial charge in [0.1, 0.15) is 5.82 Å². The monoisotopic (exact) mass is 276 g/mol. The third kappa shape index (κ3) is 3.89. The van der Waals surface area contributed by atoms with Gasteiger partial charge in [-0.2, -0.15) is 5.10 Å². The standard InChI is InChI=1S/C14H10ClFN2O/c15-12-3-1-2-11(8-12)14(19)18-17-9-10-4-6-13(16)7-5-10/h1-9H,(H,18,19)/b17-9-. The molecule has 2 aromatic rings. The van der Waals surface area contributed by atoms with Gasteiger partial charge in [0.2, 0.25) is 0 Å². The number of carbonyl (C=O) groups is 1. The van der Waals surface area contributed by atoms with E-state index in [9.17, 15) is 9.18 Å². The Hall–Kier alpha value is -2.20. The molecule has 3 nitrogen and oxygen atoms in total. The van der Waals surface area contributed by atoms with Gasteiger partial charge in [0.05, 0.1) is 6.21 Å². The van der Waals surface area contributed by atoms with E-state index in [0.29, 0.717) is 16.1 Å². The fraction of sp³-hybridized carbons (Fsp3) is 0. The molecule has 0 aliphatic carbocycles. The Bertz CT molecular complexity index is 611. The molecule has 0 radical (unpaired) electrons. The number of carbonyl (C=O) groups excluding carboxylic acids is 1. The van der Waals surface area contributed by atoms with Crippen LogP contribution in [0.5, 0.6) is 0 Å². The minimum Gasteiger partial charge on any atom is -0.267 e. The van der Waals surface area contributed by atoms with E-state index in [1.54, 1.807) is 36.4 Å². The van der Waals surface area contributed by atoms with Crippen LogP contribution in [0.15, 0.2) is 53.6 Å². The second kappa shape index (κ2) is 6.11. The van der Waals surface area contributed by atoms with E-state index in [1.807, 2.05) is 0 Å². The predicted octanol–water partition coefficient (Wildman–Crippen LogP) is 3.24. The Morgan fingerprint density at radius 3 is 2.63 bits per heavy atom. The van der Waals surface area contributed by atoms with Crippen LogP contribution in [0, 0.1) is 5.82 Å². The lowest BCUT2D eigenvalue weighted by Crippen LogP contribution is -2.17. The van der Waals surface area contributed by atoms with Crippen molar-refractivity contribution in [1.82, 2.24) is 5.43 Å². The second-order valence-electron chi connectivity index (χ2n) is 3.76. The summed E-state index contributed by atoms with van der Waals surface area (Å²) in [5.74, 6) is -0.680. The summed E-state index contributed by atoms with van der Waals surface area (Å²) < 4.78 is 12.7. The average molecular weight is 277 g/mol. The Labute approximate surface area is 114 Å². The number of benzene rings is 2. The van der Waals surface area contributed by atoms with E-state index >= 15 is 0 Å². The Kier molecular flexibility index (Phi) is 4.26. The van der Waals surface area contributed by atoms with Crippen molar-refractivity contribution in [3.05, 3.63) is 70.5 Å². The highest BCUT2D eigenvalue weighted by molar-refractivity contribution is 6.30. The molecular formula is C14H10ClFN2O. The largest absolute Gasteiger partial charge is 0.271 e. The first-order chi connectivity index (χ1) is 9.15. The smallest absolute Gasteiger partial charge is 0.267 e. The molecule has 2 rings (SSSR count). The van der Waals surface area contributed by atoms with Crippen molar-refractivity contribution < 1.29 is 9.18 Å². The van der Waals surface area contributed by atoms with Crippen molar-refractivity contribution in [1.29, 1.82) is 0 Å². The molecule has 0 spiro atoms. The lowest BCUT2D eigenvalue weighted by atomic mass is 10.2. The molecule has 0 bridgehead atoms. The molecule has 0 fully saturated rings. The molecule has 1 amide bonds. The van der Waals surface area contributed by atoms with Gasteiger partial charge in [-0.05, 0) is 35.9 Å². The van der Waals surface area contributed by atoms with E-state index in [4.69, 9.17) is 11.6 Å². The summed E-state index contributed by atoms with van der Waals surface area (Å²) in [4.78, 5) is 11.7. The highest BCUT2D eigenvalue weighted by atomic mass is 35.5. The average Bonchev–Trinajstić information content (AvgIpc) is 2.41. The van der Waals surface area contributed by atoms with Gasteiger partial charge in [0.15, 0.2) is 0 Å². The SMILES string of the molecule is O=C(N/N=C\c1ccc(F)cc1)c1cccc(Cl)c1. The minimum absolute atomic E-state index is 0.319. The second-order valence-corrected chi connectivity index (χ2v) is 4.20. The number of nitrogens with zero attached hydrogens (tertiary/aromatic N) is 1. The van der Waals surface area contributed by atoms with Crippen molar-refractivity contribution in [2.75, 3.05) is 0 Å². The van der Waals surface area contributed by atoms with Crippen LogP contribution in [0.25, 0.3) is 0 Å². The number of amides is 1. The predicted molar refractivity (Wildman–Crippen MR) is 72.9 cm³/mol. The number of nitrogens with one attached hydrogen (secondary N) is 1. The molecule has 0 saturated carbocycles. The minimum atomic E-state index is -0.360. The molecule has 0 aromatic heterocycles. The molecule has 1 N–H and O–H groups in total. The zero-order valence-corrected chi connectivity index (χ0v) is 10.6. The van der Waals surface area contributed by atoms with Gasteiger partial charge in [0.25, 0.3) is 5.91 Å². The highest BCUT2D eigenvalue weighted by Crippen LogP contribution is 2.10. The number of hydrogen-bond acceptors (Lipinski definition) is 2. The number of hydrogen-bond donors (Lipinski definition) is 1. The van der Waals surface area contributed by atoms with Crippen molar-refractivity contribution in [3.8, 4) is 0 Å². The molecule has 5 heteroatoms. The Morgan fingerprint density at radius 1 is 1.21 bits per heavy atom. The van der Waals surface area contributed by atoms with Crippen LogP contribution >= 0.6 is 11.6 Å². The zero-order chi connectivity index (χ0) is 13.7. The van der Waals surface area contributed by atoms with Crippen LogP contribution in [0.2, 0.25) is 5.02 Å². The van der Waals surface area contributed by atoms with E-state index in [-0.39, 0.29) is 11.7 Å². The lowest BCUT2D eigenvalue weighted by molar-refractivity contribution is 0.0955. The van der Waals surface area contributed by atoms with Crippen LogP contribution in [-0.4, -0.2) is 12.1 Å². The Balaban J connectivity index is 1.98. The third-order valence-electron chi connectivity index (χ3n) is 2.34. The summed E-state index contributed by atoms with van der Waals surface area (Å²) in [6, 6.07) is 12.3. The van der Waals surface area contributed by atoms with Gasteiger partial charge < -0.3 is 0 Å². The summed E-state index contributed by atoms with van der Waals surface area (Å²) in [5.41, 5.74) is 3.48. The summed E-state index contributed by atoms with van der Waals surface area (Å²) in [5, 5.41) is 4.27. The molecule has 0 heterocycles. The van der Waals surface area contributed by atoms with E-state index in [1.165, 1.54) is 18.3 Å². The fourth-order valence-corrected chi connectivity index (χ4v) is 1.60. The van der Waals surface area contributed by atoms with Gasteiger partial charge in [-0.15, -0.1) is 0 Å². The van der Waals surface area contributed by atoms with Crippen molar-refractivity contribution in [2.24, 2.45) is 5.10 Å². The quantitative estimate of drug-likeness (QED) is 0.679. The van der Waals surface area contributed by atoms with E-state index in [0.717, 1.165) is 0 Å². The molecule has 0 saturated heterocycles. The maximum absolute atomic E-state index is 12.7. The van der Waals surface area contributed by atoms with Crippen molar-refractivity contribution >= 4 is 23.7 Å². The first-order valence-electron chi connectivity index (χ1n) is 5.50. The van der Waals surface area contributed by atoms with E-state index < -0.39 is 0 Å². The molecule has 0 atom stereocenters. The summed E-state index contributed by atoms with van der Waals surface area (Å²) in [7, 11) is 0. The molecule has 2 aromatic carbocycles. The topological polar surface area (TPSA) is 41.5 Å². The number of halogens is 2. The van der Waals surface area contributed by atoms with Gasteiger partial charge >= 0.3 is 0 Å². The zero-order valence-electron chi connectivity index (χ0n) is 9.81.